The van der Waals surface area contributed by atoms with Crippen LogP contribution in [0.4, 0.5) is 13.2 Å². The highest BCUT2D eigenvalue weighted by atomic mass is 32.1. The number of hydrogen-bond acceptors (Lipinski definition) is 9. The number of aromatic nitrogens is 4. The van der Waals surface area contributed by atoms with Gasteiger partial charge < -0.3 is 19.2 Å². The summed E-state index contributed by atoms with van der Waals surface area (Å²) in [6.45, 7) is 5.73. The van der Waals surface area contributed by atoms with Gasteiger partial charge in [0.1, 0.15) is 5.75 Å². The average Bonchev–Trinajstić information content (AvgIpc) is 3.83. The van der Waals surface area contributed by atoms with Crippen LogP contribution in [0.2, 0.25) is 0 Å². The van der Waals surface area contributed by atoms with Crippen molar-refractivity contribution in [2.24, 2.45) is 0 Å². The van der Waals surface area contributed by atoms with Crippen molar-refractivity contribution in [1.29, 1.82) is 10.5 Å². The number of nitrogens with one attached hydrogen (secondary N) is 2. The van der Waals surface area contributed by atoms with Gasteiger partial charge in [-0.3, -0.25) is 9.59 Å². The highest BCUT2D eigenvalue weighted by Gasteiger charge is 2.31. The number of aryl methyl sites for hydroxylation is 3. The third kappa shape index (κ3) is 7.94. The van der Waals surface area contributed by atoms with Crippen molar-refractivity contribution in [3.63, 3.8) is 0 Å². The second kappa shape index (κ2) is 15.5. The number of rotatable bonds is 6. The van der Waals surface area contributed by atoms with Crippen molar-refractivity contribution in [1.82, 2.24) is 20.1 Å². The molecule has 4 heterocycles. The lowest BCUT2D eigenvalue weighted by molar-refractivity contribution is -0.274. The summed E-state index contributed by atoms with van der Waals surface area (Å²) in [5.41, 5.74) is 7.21. The maximum Gasteiger partial charge on any atom is 0.573 e. The smallest absolute Gasteiger partial charge is 0.406 e. The van der Waals surface area contributed by atoms with Crippen LogP contribution >= 0.6 is 11.3 Å². The molecule has 14 heteroatoms. The third-order valence-electron chi connectivity index (χ3n) is 9.06. The predicted octanol–water partition coefficient (Wildman–Crippen LogP) is 9.99. The standard InChI is InChI=1S/C22H17N3OS.C21H12F3N3O3/c1-3-14-4-7-16(8-5-14)20-17-10-15(11-23)6-9-18(17)25-22(26)21(20)19-12-27-13(2)24-19;1-11-8-17(30-27-11)19-18(13-3-5-14(6-4-13)29-21(22,23)24)15-9-12(10-25)2-7-16(15)26-20(19)28/h4-10,12H,3H2,1-2H3,(H,25,26);2-9H,1H3,(H,26,28). The molecule has 4 aromatic carbocycles. The minimum atomic E-state index is -4.82. The number of benzene rings is 4. The summed E-state index contributed by atoms with van der Waals surface area (Å²) in [4.78, 5) is 36.1. The number of aromatic amines is 2. The zero-order valence-electron chi connectivity index (χ0n) is 30.4. The number of pyridine rings is 2. The number of fused-ring (bicyclic) bond motifs is 2. The van der Waals surface area contributed by atoms with Gasteiger partial charge in [-0.2, -0.15) is 10.5 Å². The van der Waals surface area contributed by atoms with Gasteiger partial charge in [0.15, 0.2) is 5.76 Å². The van der Waals surface area contributed by atoms with E-state index in [0.29, 0.717) is 55.6 Å². The summed E-state index contributed by atoms with van der Waals surface area (Å²) in [5, 5.41) is 26.6. The molecule has 0 atom stereocenters. The van der Waals surface area contributed by atoms with E-state index in [-0.39, 0.29) is 16.9 Å². The highest BCUT2D eigenvalue weighted by molar-refractivity contribution is 7.09. The molecule has 57 heavy (non-hydrogen) atoms. The van der Waals surface area contributed by atoms with Gasteiger partial charge in [-0.15, -0.1) is 24.5 Å². The molecule has 4 aromatic heterocycles. The van der Waals surface area contributed by atoms with Gasteiger partial charge in [0.2, 0.25) is 0 Å². The molecular weight excluding hydrogens is 754 g/mol. The molecule has 0 aliphatic carbocycles. The Kier molecular flexibility index (Phi) is 10.3. The van der Waals surface area contributed by atoms with Crippen molar-refractivity contribution in [2.45, 2.75) is 33.6 Å². The normalized spacial score (nSPS) is 11.2. The van der Waals surface area contributed by atoms with Crippen LogP contribution < -0.4 is 15.9 Å². The number of nitriles is 2. The van der Waals surface area contributed by atoms with Crippen LogP contribution in [0, 0.1) is 36.5 Å². The van der Waals surface area contributed by atoms with Crippen LogP contribution in [-0.2, 0) is 6.42 Å². The number of nitrogens with zero attached hydrogens (tertiary/aromatic N) is 4. The summed E-state index contributed by atoms with van der Waals surface area (Å²) >= 11 is 1.51. The average molecular weight is 783 g/mol. The van der Waals surface area contributed by atoms with E-state index < -0.39 is 17.7 Å². The molecule has 0 aliphatic rings. The molecule has 0 bridgehead atoms. The minimum Gasteiger partial charge on any atom is -0.406 e. The molecule has 8 rings (SSSR count). The van der Waals surface area contributed by atoms with E-state index in [1.54, 1.807) is 43.3 Å². The molecule has 282 valence electrons. The van der Waals surface area contributed by atoms with Gasteiger partial charge in [-0.1, -0.05) is 48.5 Å². The molecule has 8 aromatic rings. The molecule has 10 nitrogen and oxygen atoms in total. The number of hydrogen-bond donors (Lipinski definition) is 2. The number of thiazole rings is 1. The van der Waals surface area contributed by atoms with E-state index in [1.165, 1.54) is 29.0 Å². The Bertz CT molecular complexity index is 3000. The summed E-state index contributed by atoms with van der Waals surface area (Å²) in [6, 6.07) is 29.2. The van der Waals surface area contributed by atoms with Crippen LogP contribution in [0.1, 0.15) is 34.3 Å². The Morgan fingerprint density at radius 3 is 1.77 bits per heavy atom. The van der Waals surface area contributed by atoms with Gasteiger partial charge in [0.05, 0.1) is 50.8 Å². The minimum absolute atomic E-state index is 0.155. The van der Waals surface area contributed by atoms with Gasteiger partial charge >= 0.3 is 6.36 Å². The highest BCUT2D eigenvalue weighted by Crippen LogP contribution is 2.38. The first kappa shape index (κ1) is 38.0. The van der Waals surface area contributed by atoms with Gasteiger partial charge in [-0.25, -0.2) is 4.98 Å². The number of halogens is 3. The van der Waals surface area contributed by atoms with E-state index in [1.807, 2.05) is 36.6 Å². The van der Waals surface area contributed by atoms with E-state index in [2.05, 4.69) is 50.0 Å². The van der Waals surface area contributed by atoms with Crippen molar-refractivity contribution in [3.8, 4) is 62.7 Å². The Labute approximate surface area is 326 Å². The van der Waals surface area contributed by atoms with Gasteiger partial charge in [-0.05, 0) is 85.5 Å². The lowest BCUT2D eigenvalue weighted by atomic mass is 9.93. The largest absolute Gasteiger partial charge is 0.573 e. The topological polar surface area (TPSA) is 161 Å². The van der Waals surface area contributed by atoms with E-state index >= 15 is 0 Å². The predicted molar refractivity (Wildman–Crippen MR) is 212 cm³/mol. The molecule has 2 N–H and O–H groups in total. The molecule has 0 radical (unpaired) electrons. The molecule has 0 unspecified atom stereocenters. The zero-order chi connectivity index (χ0) is 40.4. The zero-order valence-corrected chi connectivity index (χ0v) is 31.2. The van der Waals surface area contributed by atoms with Crippen LogP contribution in [-0.4, -0.2) is 26.5 Å². The fourth-order valence-corrected chi connectivity index (χ4v) is 7.10. The summed E-state index contributed by atoms with van der Waals surface area (Å²) in [6.07, 6.45) is -3.87. The van der Waals surface area contributed by atoms with Crippen molar-refractivity contribution in [2.75, 3.05) is 0 Å². The molecule has 0 saturated carbocycles. The Hall–Kier alpha value is -7.29. The first-order valence-corrected chi connectivity index (χ1v) is 18.3. The Morgan fingerprint density at radius 2 is 1.30 bits per heavy atom. The summed E-state index contributed by atoms with van der Waals surface area (Å²) in [5.74, 6) is -0.196. The lowest BCUT2D eigenvalue weighted by Crippen LogP contribution is -2.17. The molecule has 0 amide bonds. The monoisotopic (exact) mass is 782 g/mol. The summed E-state index contributed by atoms with van der Waals surface area (Å²) in [7, 11) is 0. The van der Waals surface area contributed by atoms with Crippen molar-refractivity contribution < 1.29 is 22.4 Å². The van der Waals surface area contributed by atoms with E-state index in [0.717, 1.165) is 40.1 Å². The first-order valence-electron chi connectivity index (χ1n) is 17.4. The number of alkyl halides is 3. The van der Waals surface area contributed by atoms with Crippen molar-refractivity contribution in [3.05, 3.63) is 144 Å². The molecule has 0 spiro atoms. The number of H-pyrrole nitrogens is 2. The second-order valence-corrected chi connectivity index (χ2v) is 13.9. The molecular formula is C43H29F3N6O4S. The quantitative estimate of drug-likeness (QED) is 0.168. The lowest BCUT2D eigenvalue weighted by Gasteiger charge is -2.13. The second-order valence-electron chi connectivity index (χ2n) is 12.9. The third-order valence-corrected chi connectivity index (χ3v) is 9.84. The van der Waals surface area contributed by atoms with Crippen LogP contribution in [0.5, 0.6) is 5.75 Å². The SMILES string of the molecule is CCc1ccc(-c2c(-c3csc(C)n3)c(=O)[nH]c3ccc(C#N)cc23)cc1.Cc1cc(-c2c(-c3ccc(OC(F)(F)F)cc3)c3cc(C#N)ccc3[nH]c2=O)on1. The Balaban J connectivity index is 0.000000175. The molecule has 0 fully saturated rings. The van der Waals surface area contributed by atoms with Crippen LogP contribution in [0.15, 0.2) is 110 Å². The van der Waals surface area contributed by atoms with Crippen LogP contribution in [0.25, 0.3) is 66.6 Å². The van der Waals surface area contributed by atoms with E-state index in [4.69, 9.17) is 4.52 Å². The molecule has 0 aliphatic heterocycles. The molecule has 0 saturated heterocycles. The Morgan fingerprint density at radius 1 is 0.754 bits per heavy atom. The van der Waals surface area contributed by atoms with Crippen LogP contribution in [0.3, 0.4) is 0 Å². The van der Waals surface area contributed by atoms with Gasteiger partial charge in [0.25, 0.3) is 11.1 Å². The van der Waals surface area contributed by atoms with Crippen molar-refractivity contribution >= 4 is 33.1 Å². The maximum absolute atomic E-state index is 13.0. The maximum atomic E-state index is 13.0. The fourth-order valence-electron chi connectivity index (χ4n) is 6.49. The van der Waals surface area contributed by atoms with E-state index in [9.17, 15) is 33.3 Å². The fraction of sp³-hybridized carbons (Fsp3) is 0.116. The number of ether oxygens (including phenoxy) is 1. The first-order chi connectivity index (χ1) is 27.3. The van der Waals surface area contributed by atoms with Gasteiger partial charge in [0, 0.05) is 44.4 Å². The summed E-state index contributed by atoms with van der Waals surface area (Å²) < 4.78 is 46.6.